The quantitative estimate of drug-likeness (QED) is 0.815. The van der Waals surface area contributed by atoms with Crippen molar-refractivity contribution in [3.8, 4) is 5.75 Å². The molecule has 0 aliphatic carbocycles. The van der Waals surface area contributed by atoms with Crippen LogP contribution in [0.15, 0.2) is 42.5 Å². The average molecular weight is 370 g/mol. The van der Waals surface area contributed by atoms with E-state index in [1.165, 1.54) is 17.0 Å². The van der Waals surface area contributed by atoms with Gasteiger partial charge >= 0.3 is 6.09 Å². The summed E-state index contributed by atoms with van der Waals surface area (Å²) in [6.07, 6.45) is 0.0885. The van der Waals surface area contributed by atoms with Gasteiger partial charge in [-0.3, -0.25) is 9.69 Å². The lowest BCUT2D eigenvalue weighted by Gasteiger charge is -2.32. The molecule has 0 unspecified atom stereocenters. The van der Waals surface area contributed by atoms with Crippen LogP contribution in [0.1, 0.15) is 22.3 Å². The van der Waals surface area contributed by atoms with Gasteiger partial charge in [0.05, 0.1) is 18.8 Å². The molecule has 1 atom stereocenters. The predicted octanol–water partition coefficient (Wildman–Crippen LogP) is 3.21. The van der Waals surface area contributed by atoms with E-state index in [9.17, 15) is 14.0 Å². The van der Waals surface area contributed by atoms with Crippen LogP contribution >= 0.6 is 0 Å². The van der Waals surface area contributed by atoms with E-state index in [4.69, 9.17) is 9.47 Å². The van der Waals surface area contributed by atoms with E-state index in [0.717, 1.165) is 0 Å². The van der Waals surface area contributed by atoms with E-state index in [-0.39, 0.29) is 25.1 Å². The van der Waals surface area contributed by atoms with Gasteiger partial charge in [-0.25, -0.2) is 9.18 Å². The lowest BCUT2D eigenvalue weighted by molar-refractivity contribution is 0.0734. The van der Waals surface area contributed by atoms with Crippen LogP contribution in [0.5, 0.6) is 5.75 Å². The van der Waals surface area contributed by atoms with Gasteiger partial charge in [0.15, 0.2) is 0 Å². The summed E-state index contributed by atoms with van der Waals surface area (Å²) >= 11 is 0. The van der Waals surface area contributed by atoms with Crippen molar-refractivity contribution in [2.45, 2.75) is 19.0 Å². The summed E-state index contributed by atoms with van der Waals surface area (Å²) in [7, 11) is 1.57. The molecular formula is C20H19FN2O4. The summed E-state index contributed by atoms with van der Waals surface area (Å²) in [4.78, 5) is 28.4. The van der Waals surface area contributed by atoms with Crippen molar-refractivity contribution in [1.29, 1.82) is 0 Å². The Morgan fingerprint density at radius 2 is 2.00 bits per heavy atom. The summed E-state index contributed by atoms with van der Waals surface area (Å²) in [6, 6.07) is 11.0. The van der Waals surface area contributed by atoms with Crippen LogP contribution < -0.4 is 9.64 Å². The van der Waals surface area contributed by atoms with Crippen molar-refractivity contribution in [1.82, 2.24) is 4.90 Å². The predicted molar refractivity (Wildman–Crippen MR) is 96.4 cm³/mol. The number of carbonyl (C=O) groups is 2. The third-order valence-electron chi connectivity index (χ3n) is 4.99. The first-order valence-corrected chi connectivity index (χ1v) is 8.74. The molecule has 0 bridgehead atoms. The fourth-order valence-electron chi connectivity index (χ4n) is 3.54. The van der Waals surface area contributed by atoms with E-state index >= 15 is 0 Å². The van der Waals surface area contributed by atoms with Crippen molar-refractivity contribution in [3.63, 3.8) is 0 Å². The minimum absolute atomic E-state index is 0.119. The molecule has 0 aromatic heterocycles. The van der Waals surface area contributed by atoms with Crippen LogP contribution in [0.4, 0.5) is 14.9 Å². The highest BCUT2D eigenvalue weighted by atomic mass is 19.1. The van der Waals surface area contributed by atoms with E-state index in [1.807, 2.05) is 0 Å². The summed E-state index contributed by atoms with van der Waals surface area (Å²) in [5, 5.41) is 0. The van der Waals surface area contributed by atoms with Gasteiger partial charge in [0.1, 0.15) is 18.2 Å². The number of cyclic esters (lactones) is 1. The number of ether oxygens (including phenoxy) is 2. The molecule has 2 amide bonds. The van der Waals surface area contributed by atoms with Gasteiger partial charge in [-0.1, -0.05) is 6.07 Å². The maximum Gasteiger partial charge on any atom is 0.414 e. The Morgan fingerprint density at radius 3 is 2.74 bits per heavy atom. The van der Waals surface area contributed by atoms with E-state index in [0.29, 0.717) is 35.5 Å². The number of hydrogen-bond acceptors (Lipinski definition) is 4. The van der Waals surface area contributed by atoms with Crippen LogP contribution in [0, 0.1) is 5.82 Å². The third-order valence-corrected chi connectivity index (χ3v) is 4.99. The van der Waals surface area contributed by atoms with Crippen molar-refractivity contribution in [2.24, 2.45) is 0 Å². The molecule has 0 radical (unpaired) electrons. The van der Waals surface area contributed by atoms with E-state index < -0.39 is 11.9 Å². The van der Waals surface area contributed by atoms with Gasteiger partial charge < -0.3 is 14.4 Å². The molecule has 2 aromatic rings. The Kier molecular flexibility index (Phi) is 4.43. The lowest BCUT2D eigenvalue weighted by Crippen LogP contribution is -2.42. The van der Waals surface area contributed by atoms with E-state index in [2.05, 4.69) is 0 Å². The topological polar surface area (TPSA) is 59.1 Å². The SMILES string of the molecule is COc1ccc(C(=O)N2CC[C@H]3COC(=O)N3c3cc(F)ccc3C2)cc1. The number of fused-ring (bicyclic) bond motifs is 3. The molecule has 1 saturated heterocycles. The lowest BCUT2D eigenvalue weighted by atomic mass is 10.0. The van der Waals surface area contributed by atoms with E-state index in [1.54, 1.807) is 42.3 Å². The summed E-state index contributed by atoms with van der Waals surface area (Å²) in [5.41, 5.74) is 1.73. The largest absolute Gasteiger partial charge is 0.497 e. The Bertz CT molecular complexity index is 884. The number of hydrogen-bond donors (Lipinski definition) is 0. The number of benzene rings is 2. The van der Waals surface area contributed by atoms with Crippen molar-refractivity contribution in [3.05, 3.63) is 59.4 Å². The summed E-state index contributed by atoms with van der Waals surface area (Å²) in [6.45, 7) is 0.996. The van der Waals surface area contributed by atoms with Crippen molar-refractivity contribution in [2.75, 3.05) is 25.2 Å². The normalized spacial score (nSPS) is 18.9. The summed E-state index contributed by atoms with van der Waals surface area (Å²) in [5.74, 6) is 0.129. The number of anilines is 1. The van der Waals surface area contributed by atoms with Gasteiger partial charge in [0.2, 0.25) is 0 Å². The summed E-state index contributed by atoms with van der Waals surface area (Å²) < 4.78 is 24.1. The Labute approximate surface area is 156 Å². The highest BCUT2D eigenvalue weighted by Crippen LogP contribution is 2.32. The number of nitrogens with zero attached hydrogens (tertiary/aromatic N) is 2. The smallest absolute Gasteiger partial charge is 0.414 e. The molecule has 1 fully saturated rings. The van der Waals surface area contributed by atoms with Crippen molar-refractivity contribution < 1.29 is 23.5 Å². The first-order valence-electron chi connectivity index (χ1n) is 8.74. The van der Waals surface area contributed by atoms with Crippen LogP contribution in [0.25, 0.3) is 0 Å². The second kappa shape index (κ2) is 6.90. The van der Waals surface area contributed by atoms with Crippen LogP contribution in [0.2, 0.25) is 0 Å². The van der Waals surface area contributed by atoms with Gasteiger partial charge in [0.25, 0.3) is 5.91 Å². The molecule has 140 valence electrons. The monoisotopic (exact) mass is 370 g/mol. The molecule has 0 N–H and O–H groups in total. The maximum atomic E-state index is 13.8. The number of methoxy groups -OCH3 is 1. The zero-order valence-electron chi connectivity index (χ0n) is 14.9. The van der Waals surface area contributed by atoms with Gasteiger partial charge in [-0.2, -0.15) is 0 Å². The molecule has 2 aromatic carbocycles. The standard InChI is InChI=1S/C20H19FN2O4/c1-26-17-6-3-13(4-7-17)19(24)22-9-8-16-12-27-20(25)23(16)18-10-15(21)5-2-14(18)11-22/h2-7,10,16H,8-9,11-12H2,1H3/t16-/m0/s1. The molecule has 27 heavy (non-hydrogen) atoms. The maximum absolute atomic E-state index is 13.8. The number of halogens is 1. The molecule has 7 heteroatoms. The Balaban J connectivity index is 1.67. The number of rotatable bonds is 2. The average Bonchev–Trinajstić information content (AvgIpc) is 3.03. The molecule has 2 aliphatic rings. The molecule has 0 spiro atoms. The zero-order chi connectivity index (χ0) is 19.0. The second-order valence-corrected chi connectivity index (χ2v) is 6.62. The van der Waals surface area contributed by atoms with Gasteiger partial charge in [0, 0.05) is 18.7 Å². The molecule has 0 saturated carbocycles. The van der Waals surface area contributed by atoms with Crippen molar-refractivity contribution >= 4 is 17.7 Å². The zero-order valence-corrected chi connectivity index (χ0v) is 14.9. The third kappa shape index (κ3) is 3.20. The minimum atomic E-state index is -0.471. The fraction of sp³-hybridized carbons (Fsp3) is 0.300. The molecule has 6 nitrogen and oxygen atoms in total. The molecular weight excluding hydrogens is 351 g/mol. The highest BCUT2D eigenvalue weighted by Gasteiger charge is 2.37. The molecule has 2 aliphatic heterocycles. The first kappa shape index (κ1) is 17.3. The Morgan fingerprint density at radius 1 is 1.22 bits per heavy atom. The number of carbonyl (C=O) groups excluding carboxylic acids is 2. The first-order chi connectivity index (χ1) is 13.1. The molecule has 2 heterocycles. The number of amides is 2. The fourth-order valence-corrected chi connectivity index (χ4v) is 3.54. The van der Waals surface area contributed by atoms with Crippen LogP contribution in [-0.4, -0.2) is 43.2 Å². The van der Waals surface area contributed by atoms with Gasteiger partial charge in [-0.05, 0) is 48.4 Å². The highest BCUT2D eigenvalue weighted by molar-refractivity contribution is 5.95. The molecule has 4 rings (SSSR count). The second-order valence-electron chi connectivity index (χ2n) is 6.62. The minimum Gasteiger partial charge on any atom is -0.497 e. The Hall–Kier alpha value is -3.09. The van der Waals surface area contributed by atoms with Gasteiger partial charge in [-0.15, -0.1) is 0 Å². The van der Waals surface area contributed by atoms with Crippen LogP contribution in [0.3, 0.4) is 0 Å². The van der Waals surface area contributed by atoms with Crippen LogP contribution in [-0.2, 0) is 11.3 Å².